The van der Waals surface area contributed by atoms with Crippen LogP contribution in [0.5, 0.6) is 5.75 Å². The maximum absolute atomic E-state index is 5.87. The van der Waals surface area contributed by atoms with Crippen LogP contribution in [0.25, 0.3) is 10.9 Å². The van der Waals surface area contributed by atoms with Crippen LogP contribution in [0.1, 0.15) is 32.6 Å². The lowest BCUT2D eigenvalue weighted by atomic mass is 10.2. The van der Waals surface area contributed by atoms with E-state index >= 15 is 0 Å². The van der Waals surface area contributed by atoms with Crippen LogP contribution in [0.15, 0.2) is 36.5 Å². The van der Waals surface area contributed by atoms with Crippen molar-refractivity contribution in [1.82, 2.24) is 10.3 Å². The van der Waals surface area contributed by atoms with Crippen LogP contribution < -0.4 is 10.1 Å². The Morgan fingerprint density at radius 1 is 1.05 bits per heavy atom. The summed E-state index contributed by atoms with van der Waals surface area (Å²) in [6.45, 7) is 5.12. The fourth-order valence-electron chi connectivity index (χ4n) is 2.26. The number of hydrogen-bond donors (Lipinski definition) is 1. The maximum Gasteiger partial charge on any atom is 0.145 e. The fourth-order valence-corrected chi connectivity index (χ4v) is 2.26. The molecule has 20 heavy (non-hydrogen) atoms. The van der Waals surface area contributed by atoms with E-state index < -0.39 is 0 Å². The molecule has 1 N–H and O–H groups in total. The number of hydrogen-bond acceptors (Lipinski definition) is 3. The van der Waals surface area contributed by atoms with E-state index in [0.717, 1.165) is 42.8 Å². The summed E-state index contributed by atoms with van der Waals surface area (Å²) in [4.78, 5) is 4.40. The summed E-state index contributed by atoms with van der Waals surface area (Å²) in [6.07, 6.45) is 6.67. The highest BCUT2D eigenvalue weighted by molar-refractivity contribution is 5.84. The molecule has 3 heteroatoms. The number of pyridine rings is 1. The Hall–Kier alpha value is -1.61. The van der Waals surface area contributed by atoms with Crippen molar-refractivity contribution in [3.05, 3.63) is 36.5 Å². The standard InChI is InChI=1S/C17H24N2O/c1-2-18-12-5-3-4-6-14-20-16-11-7-9-15-10-8-13-19-17(15)16/h7-11,13,18H,2-6,12,14H2,1H3. The average molecular weight is 272 g/mol. The minimum Gasteiger partial charge on any atom is -0.491 e. The highest BCUT2D eigenvalue weighted by Gasteiger charge is 2.02. The molecule has 0 aliphatic carbocycles. The molecule has 0 atom stereocenters. The first-order valence-electron chi connectivity index (χ1n) is 7.59. The van der Waals surface area contributed by atoms with Crippen molar-refractivity contribution in [3.8, 4) is 5.75 Å². The number of aromatic nitrogens is 1. The summed E-state index contributed by atoms with van der Waals surface area (Å²) in [5.74, 6) is 0.899. The molecular weight excluding hydrogens is 248 g/mol. The second-order valence-corrected chi connectivity index (χ2v) is 4.95. The molecule has 0 radical (unpaired) electrons. The van der Waals surface area contributed by atoms with Crippen molar-refractivity contribution >= 4 is 10.9 Å². The Balaban J connectivity index is 1.71. The molecule has 0 saturated heterocycles. The second kappa shape index (κ2) is 8.54. The zero-order chi connectivity index (χ0) is 14.0. The van der Waals surface area contributed by atoms with Gasteiger partial charge in [-0.3, -0.25) is 4.98 Å². The molecule has 0 aliphatic heterocycles. The number of ether oxygens (including phenoxy) is 1. The molecule has 0 amide bonds. The normalized spacial score (nSPS) is 10.8. The smallest absolute Gasteiger partial charge is 0.145 e. The molecule has 2 aromatic rings. The first-order valence-corrected chi connectivity index (χ1v) is 7.59. The summed E-state index contributed by atoms with van der Waals surface area (Å²) in [5, 5.41) is 4.48. The van der Waals surface area contributed by atoms with Gasteiger partial charge in [-0.2, -0.15) is 0 Å². The first-order chi connectivity index (χ1) is 9.92. The maximum atomic E-state index is 5.87. The Kier molecular flexibility index (Phi) is 6.32. The number of nitrogens with zero attached hydrogens (tertiary/aromatic N) is 1. The van der Waals surface area contributed by atoms with Crippen LogP contribution >= 0.6 is 0 Å². The van der Waals surface area contributed by atoms with Gasteiger partial charge < -0.3 is 10.1 Å². The number of benzene rings is 1. The number of nitrogens with one attached hydrogen (secondary N) is 1. The molecule has 1 aromatic heterocycles. The van der Waals surface area contributed by atoms with Gasteiger partial charge in [0.15, 0.2) is 0 Å². The van der Waals surface area contributed by atoms with Gasteiger partial charge in [0, 0.05) is 11.6 Å². The number of fused-ring (bicyclic) bond motifs is 1. The Bertz CT molecular complexity index is 508. The van der Waals surface area contributed by atoms with Crippen molar-refractivity contribution in [2.45, 2.75) is 32.6 Å². The Labute approximate surface area is 121 Å². The highest BCUT2D eigenvalue weighted by Crippen LogP contribution is 2.23. The van der Waals surface area contributed by atoms with Gasteiger partial charge in [-0.15, -0.1) is 0 Å². The van der Waals surface area contributed by atoms with Crippen LogP contribution in [0.2, 0.25) is 0 Å². The van der Waals surface area contributed by atoms with Gasteiger partial charge in [0.05, 0.1) is 6.61 Å². The van der Waals surface area contributed by atoms with Gasteiger partial charge in [-0.05, 0) is 38.1 Å². The van der Waals surface area contributed by atoms with Crippen molar-refractivity contribution in [2.75, 3.05) is 19.7 Å². The zero-order valence-electron chi connectivity index (χ0n) is 12.3. The van der Waals surface area contributed by atoms with Crippen LogP contribution in [-0.2, 0) is 0 Å². The quantitative estimate of drug-likeness (QED) is 0.705. The Morgan fingerprint density at radius 2 is 1.90 bits per heavy atom. The largest absolute Gasteiger partial charge is 0.491 e. The van der Waals surface area contributed by atoms with E-state index in [2.05, 4.69) is 29.4 Å². The minimum absolute atomic E-state index is 0.775. The predicted molar refractivity (Wildman–Crippen MR) is 84.2 cm³/mol. The van der Waals surface area contributed by atoms with E-state index in [0.29, 0.717) is 0 Å². The number of unbranched alkanes of at least 4 members (excludes halogenated alkanes) is 3. The summed E-state index contributed by atoms with van der Waals surface area (Å²) < 4.78 is 5.87. The molecule has 0 saturated carbocycles. The molecule has 0 fully saturated rings. The fraction of sp³-hybridized carbons (Fsp3) is 0.471. The molecular formula is C17H24N2O. The van der Waals surface area contributed by atoms with E-state index in [1.165, 1.54) is 19.3 Å². The lowest BCUT2D eigenvalue weighted by Crippen LogP contribution is -2.13. The summed E-state index contributed by atoms with van der Waals surface area (Å²) in [6, 6.07) is 10.1. The average Bonchev–Trinajstić information content (AvgIpc) is 2.50. The van der Waals surface area contributed by atoms with Crippen LogP contribution in [0, 0.1) is 0 Å². The third-order valence-electron chi connectivity index (χ3n) is 3.35. The van der Waals surface area contributed by atoms with Gasteiger partial charge in [0.25, 0.3) is 0 Å². The first kappa shape index (κ1) is 14.8. The third-order valence-corrected chi connectivity index (χ3v) is 3.35. The lowest BCUT2D eigenvalue weighted by molar-refractivity contribution is 0.307. The highest BCUT2D eigenvalue weighted by atomic mass is 16.5. The Morgan fingerprint density at radius 3 is 2.80 bits per heavy atom. The number of para-hydroxylation sites is 1. The lowest BCUT2D eigenvalue weighted by Gasteiger charge is -2.08. The topological polar surface area (TPSA) is 34.1 Å². The van der Waals surface area contributed by atoms with Crippen LogP contribution in [0.4, 0.5) is 0 Å². The van der Waals surface area contributed by atoms with E-state index in [1.54, 1.807) is 0 Å². The molecule has 0 aliphatic rings. The van der Waals surface area contributed by atoms with Gasteiger partial charge in [-0.1, -0.05) is 38.0 Å². The number of rotatable bonds is 9. The monoisotopic (exact) mass is 272 g/mol. The van der Waals surface area contributed by atoms with Crippen molar-refractivity contribution in [2.24, 2.45) is 0 Å². The SMILES string of the molecule is CCNCCCCCCOc1cccc2cccnc12. The molecule has 0 bridgehead atoms. The van der Waals surface area contributed by atoms with Gasteiger partial charge >= 0.3 is 0 Å². The summed E-state index contributed by atoms with van der Waals surface area (Å²) in [5.41, 5.74) is 0.960. The molecule has 1 aromatic carbocycles. The van der Waals surface area contributed by atoms with Crippen molar-refractivity contribution in [1.29, 1.82) is 0 Å². The van der Waals surface area contributed by atoms with E-state index in [4.69, 9.17) is 4.74 Å². The zero-order valence-corrected chi connectivity index (χ0v) is 12.3. The molecule has 2 rings (SSSR count). The van der Waals surface area contributed by atoms with Crippen molar-refractivity contribution < 1.29 is 4.74 Å². The molecule has 1 heterocycles. The third kappa shape index (κ3) is 4.49. The molecule has 3 nitrogen and oxygen atoms in total. The summed E-state index contributed by atoms with van der Waals surface area (Å²) >= 11 is 0. The summed E-state index contributed by atoms with van der Waals surface area (Å²) in [7, 11) is 0. The van der Waals surface area contributed by atoms with Crippen LogP contribution in [0.3, 0.4) is 0 Å². The van der Waals surface area contributed by atoms with Crippen molar-refractivity contribution in [3.63, 3.8) is 0 Å². The van der Waals surface area contributed by atoms with Crippen LogP contribution in [-0.4, -0.2) is 24.7 Å². The molecule has 108 valence electrons. The molecule has 0 spiro atoms. The van der Waals surface area contributed by atoms with E-state index in [-0.39, 0.29) is 0 Å². The van der Waals surface area contributed by atoms with Gasteiger partial charge in [-0.25, -0.2) is 0 Å². The van der Waals surface area contributed by atoms with Gasteiger partial charge in [0.1, 0.15) is 11.3 Å². The van der Waals surface area contributed by atoms with Gasteiger partial charge in [0.2, 0.25) is 0 Å². The second-order valence-electron chi connectivity index (χ2n) is 4.95. The minimum atomic E-state index is 0.775. The molecule has 0 unspecified atom stereocenters. The predicted octanol–water partition coefficient (Wildman–Crippen LogP) is 3.78. The van der Waals surface area contributed by atoms with E-state index in [1.807, 2.05) is 24.4 Å². The van der Waals surface area contributed by atoms with E-state index in [9.17, 15) is 0 Å².